The van der Waals surface area contributed by atoms with Crippen LogP contribution < -0.4 is 0 Å². The summed E-state index contributed by atoms with van der Waals surface area (Å²) in [7, 11) is 0. The predicted molar refractivity (Wildman–Crippen MR) is 37.9 cm³/mol. The Labute approximate surface area is 69.0 Å². The summed E-state index contributed by atoms with van der Waals surface area (Å²) in [6, 6.07) is 0. The molecule has 0 bridgehead atoms. The van der Waals surface area contributed by atoms with Crippen molar-refractivity contribution in [2.45, 2.75) is 12.8 Å². The fraction of sp³-hybridized carbons (Fsp3) is 0.667. The van der Waals surface area contributed by atoms with Crippen molar-refractivity contribution in [1.29, 1.82) is 0 Å². The van der Waals surface area contributed by atoms with Gasteiger partial charge in [-0.25, -0.2) is 0 Å². The van der Waals surface area contributed by atoms with Crippen molar-refractivity contribution in [1.82, 2.24) is 4.90 Å². The highest BCUT2D eigenvalue weighted by Gasteiger charge is 2.11. The summed E-state index contributed by atoms with van der Waals surface area (Å²) in [4.78, 5) is 21.6. The molecular formula is C6H11NO5. The van der Waals surface area contributed by atoms with Gasteiger partial charge >= 0.3 is 5.97 Å². The molecular weight excluding hydrogens is 166 g/mol. The second kappa shape index (κ2) is 5.50. The van der Waals surface area contributed by atoms with Crippen molar-refractivity contribution in [3.05, 3.63) is 0 Å². The van der Waals surface area contributed by atoms with Crippen molar-refractivity contribution in [3.63, 3.8) is 0 Å². The van der Waals surface area contributed by atoms with E-state index in [4.69, 9.17) is 15.3 Å². The molecule has 0 rings (SSSR count). The molecule has 0 aromatic rings. The van der Waals surface area contributed by atoms with Crippen LogP contribution in [0.1, 0.15) is 12.8 Å². The van der Waals surface area contributed by atoms with Gasteiger partial charge in [-0.2, -0.15) is 0 Å². The first kappa shape index (κ1) is 10.9. The number of carbonyl (C=O) groups is 2. The van der Waals surface area contributed by atoms with Gasteiger partial charge in [-0.1, -0.05) is 0 Å². The van der Waals surface area contributed by atoms with Gasteiger partial charge in [-0.15, -0.1) is 0 Å². The fourth-order valence-corrected chi connectivity index (χ4v) is 0.574. The molecule has 0 fully saturated rings. The van der Waals surface area contributed by atoms with Gasteiger partial charge in [0, 0.05) is 6.42 Å². The van der Waals surface area contributed by atoms with Gasteiger partial charge in [-0.3, -0.25) is 14.5 Å². The quantitative estimate of drug-likeness (QED) is 0.448. The summed E-state index contributed by atoms with van der Waals surface area (Å²) in [5.74, 6) is -1.67. The van der Waals surface area contributed by atoms with Gasteiger partial charge in [0.05, 0.1) is 6.42 Å². The van der Waals surface area contributed by atoms with E-state index >= 15 is 0 Å². The maximum Gasteiger partial charge on any atom is 0.303 e. The van der Waals surface area contributed by atoms with Crippen LogP contribution in [0.2, 0.25) is 0 Å². The summed E-state index contributed by atoms with van der Waals surface area (Å²) < 4.78 is 0. The lowest BCUT2D eigenvalue weighted by atomic mass is 10.3. The highest BCUT2D eigenvalue weighted by atomic mass is 16.4. The van der Waals surface area contributed by atoms with Gasteiger partial charge in [0.1, 0.15) is 13.5 Å². The highest BCUT2D eigenvalue weighted by Crippen LogP contribution is 1.95. The minimum Gasteiger partial charge on any atom is -0.481 e. The van der Waals surface area contributed by atoms with E-state index in [2.05, 4.69) is 0 Å². The van der Waals surface area contributed by atoms with Crippen LogP contribution in [0.15, 0.2) is 0 Å². The number of hydrogen-bond donors (Lipinski definition) is 3. The molecule has 3 N–H and O–H groups in total. The van der Waals surface area contributed by atoms with Gasteiger partial charge in [-0.05, 0) is 0 Å². The minimum atomic E-state index is -1.08. The molecule has 0 spiro atoms. The molecule has 6 heteroatoms. The summed E-state index contributed by atoms with van der Waals surface area (Å²) in [5.41, 5.74) is 0. The second-order valence-corrected chi connectivity index (χ2v) is 2.11. The summed E-state index contributed by atoms with van der Waals surface area (Å²) >= 11 is 0. The number of carbonyl (C=O) groups excluding carboxylic acids is 1. The Kier molecular flexibility index (Phi) is 4.98. The molecule has 0 aromatic carbocycles. The molecule has 0 unspecified atom stereocenters. The van der Waals surface area contributed by atoms with Crippen LogP contribution in [-0.2, 0) is 9.59 Å². The number of aliphatic hydroxyl groups is 2. The Balaban J connectivity index is 3.77. The molecule has 6 nitrogen and oxygen atoms in total. The Morgan fingerprint density at radius 2 is 1.58 bits per heavy atom. The molecule has 0 radical (unpaired) electrons. The van der Waals surface area contributed by atoms with E-state index in [1.165, 1.54) is 0 Å². The molecule has 0 aliphatic heterocycles. The third kappa shape index (κ3) is 3.89. The smallest absolute Gasteiger partial charge is 0.303 e. The normalized spacial score (nSPS) is 9.50. The highest BCUT2D eigenvalue weighted by molar-refractivity contribution is 5.80. The second-order valence-electron chi connectivity index (χ2n) is 2.11. The largest absolute Gasteiger partial charge is 0.481 e. The van der Waals surface area contributed by atoms with Crippen LogP contribution in [-0.4, -0.2) is 45.6 Å². The standard InChI is InChI=1S/C6H11NO5/c8-3-7(4-9)5(10)1-2-6(11)12/h8-9H,1-4H2,(H,11,12). The molecule has 70 valence electrons. The Bertz CT molecular complexity index is 165. The number of carboxylic acid groups (broad SMARTS) is 1. The molecule has 0 saturated carbocycles. The lowest BCUT2D eigenvalue weighted by molar-refractivity contribution is -0.144. The first-order valence-corrected chi connectivity index (χ1v) is 3.33. The van der Waals surface area contributed by atoms with Crippen molar-refractivity contribution >= 4 is 11.9 Å². The van der Waals surface area contributed by atoms with E-state index in [0.29, 0.717) is 0 Å². The molecule has 0 saturated heterocycles. The van der Waals surface area contributed by atoms with Gasteiger partial charge < -0.3 is 15.3 Å². The van der Waals surface area contributed by atoms with Crippen LogP contribution in [0, 0.1) is 0 Å². The molecule has 12 heavy (non-hydrogen) atoms. The van der Waals surface area contributed by atoms with E-state index in [0.717, 1.165) is 4.90 Å². The van der Waals surface area contributed by atoms with Crippen LogP contribution in [0.3, 0.4) is 0 Å². The number of amides is 1. The summed E-state index contributed by atoms with van der Waals surface area (Å²) in [6.07, 6.45) is -0.508. The van der Waals surface area contributed by atoms with E-state index < -0.39 is 25.3 Å². The molecule has 0 atom stereocenters. The third-order valence-corrected chi connectivity index (χ3v) is 1.25. The maximum absolute atomic E-state index is 10.9. The third-order valence-electron chi connectivity index (χ3n) is 1.25. The molecule has 0 aliphatic carbocycles. The molecule has 1 amide bonds. The van der Waals surface area contributed by atoms with Crippen LogP contribution in [0.4, 0.5) is 0 Å². The van der Waals surface area contributed by atoms with Gasteiger partial charge in [0.15, 0.2) is 0 Å². The van der Waals surface area contributed by atoms with Crippen LogP contribution >= 0.6 is 0 Å². The SMILES string of the molecule is O=C(O)CCC(=O)N(CO)CO. The van der Waals surface area contributed by atoms with Crippen LogP contribution in [0.25, 0.3) is 0 Å². The average molecular weight is 177 g/mol. The number of aliphatic hydroxyl groups excluding tert-OH is 2. The first-order chi connectivity index (χ1) is 5.61. The van der Waals surface area contributed by atoms with Crippen molar-refractivity contribution in [2.24, 2.45) is 0 Å². The summed E-state index contributed by atoms with van der Waals surface area (Å²) in [6.45, 7) is -1.20. The Morgan fingerprint density at radius 1 is 1.08 bits per heavy atom. The number of aliphatic carboxylic acids is 1. The lowest BCUT2D eigenvalue weighted by Gasteiger charge is -2.15. The Morgan fingerprint density at radius 3 is 1.92 bits per heavy atom. The van der Waals surface area contributed by atoms with Gasteiger partial charge in [0.25, 0.3) is 0 Å². The van der Waals surface area contributed by atoms with Gasteiger partial charge in [0.2, 0.25) is 5.91 Å². The average Bonchev–Trinajstić information content (AvgIpc) is 2.03. The number of hydrogen-bond acceptors (Lipinski definition) is 4. The van der Waals surface area contributed by atoms with E-state index in [1.807, 2.05) is 0 Å². The summed E-state index contributed by atoms with van der Waals surface area (Å²) in [5, 5.41) is 25.1. The first-order valence-electron chi connectivity index (χ1n) is 3.33. The molecule has 0 aromatic heterocycles. The minimum absolute atomic E-state index is 0.212. The topological polar surface area (TPSA) is 98.1 Å². The monoisotopic (exact) mass is 177 g/mol. The van der Waals surface area contributed by atoms with Crippen molar-refractivity contribution in [3.8, 4) is 0 Å². The predicted octanol–water partition coefficient (Wildman–Crippen LogP) is -1.42. The maximum atomic E-state index is 10.9. The van der Waals surface area contributed by atoms with E-state index in [9.17, 15) is 9.59 Å². The zero-order valence-electron chi connectivity index (χ0n) is 6.43. The lowest BCUT2D eigenvalue weighted by Crippen LogP contribution is -2.32. The molecule has 0 heterocycles. The van der Waals surface area contributed by atoms with Crippen molar-refractivity contribution < 1.29 is 24.9 Å². The van der Waals surface area contributed by atoms with E-state index in [-0.39, 0.29) is 12.8 Å². The number of nitrogens with zero attached hydrogens (tertiary/aromatic N) is 1. The Hall–Kier alpha value is -1.14. The molecule has 0 aliphatic rings. The van der Waals surface area contributed by atoms with E-state index in [1.54, 1.807) is 0 Å². The number of rotatable bonds is 5. The zero-order valence-corrected chi connectivity index (χ0v) is 6.43. The number of carboxylic acids is 1. The zero-order chi connectivity index (χ0) is 9.56. The van der Waals surface area contributed by atoms with Crippen LogP contribution in [0.5, 0.6) is 0 Å². The fourth-order valence-electron chi connectivity index (χ4n) is 0.574. The van der Waals surface area contributed by atoms with Crippen molar-refractivity contribution in [2.75, 3.05) is 13.5 Å².